The van der Waals surface area contributed by atoms with Crippen molar-refractivity contribution in [3.05, 3.63) is 35.9 Å². The van der Waals surface area contributed by atoms with Crippen LogP contribution in [0.3, 0.4) is 0 Å². The van der Waals surface area contributed by atoms with Crippen molar-refractivity contribution in [1.29, 1.82) is 0 Å². The van der Waals surface area contributed by atoms with Gasteiger partial charge in [0.2, 0.25) is 0 Å². The van der Waals surface area contributed by atoms with Crippen LogP contribution >= 0.6 is 0 Å². The Morgan fingerprint density at radius 2 is 2.18 bits per heavy atom. The summed E-state index contributed by atoms with van der Waals surface area (Å²) in [6.45, 7) is 4.07. The highest BCUT2D eigenvalue weighted by Crippen LogP contribution is 2.30. The van der Waals surface area contributed by atoms with Crippen LogP contribution in [0.1, 0.15) is 24.8 Å². The summed E-state index contributed by atoms with van der Waals surface area (Å²) < 4.78 is 5.17. The number of rotatable bonds is 3. The summed E-state index contributed by atoms with van der Waals surface area (Å²) in [5.74, 6) is 0.186. The van der Waals surface area contributed by atoms with E-state index in [0.29, 0.717) is 6.61 Å². The smallest absolute Gasteiger partial charge is 0.309 e. The first-order valence-corrected chi connectivity index (χ1v) is 6.25. The van der Waals surface area contributed by atoms with Crippen LogP contribution in [0.15, 0.2) is 30.3 Å². The Bertz CT molecular complexity index is 364. The van der Waals surface area contributed by atoms with Gasteiger partial charge < -0.3 is 10.1 Å². The van der Waals surface area contributed by atoms with Crippen molar-refractivity contribution in [2.24, 2.45) is 5.92 Å². The lowest BCUT2D eigenvalue weighted by Gasteiger charge is -2.30. The SMILES string of the molecule is CCOC(=O)[C@H]1CCNC[C@H]1c1ccccc1. The molecule has 0 bridgehead atoms. The molecule has 1 aromatic carbocycles. The lowest BCUT2D eigenvalue weighted by molar-refractivity contribution is -0.149. The number of hydrogen-bond acceptors (Lipinski definition) is 3. The number of benzene rings is 1. The van der Waals surface area contributed by atoms with Gasteiger partial charge in [-0.25, -0.2) is 0 Å². The fourth-order valence-electron chi connectivity index (χ4n) is 2.44. The average molecular weight is 233 g/mol. The molecule has 0 aromatic heterocycles. The molecular weight excluding hydrogens is 214 g/mol. The largest absolute Gasteiger partial charge is 0.466 e. The predicted octanol–water partition coefficient (Wildman–Crippen LogP) is 1.94. The molecule has 2 atom stereocenters. The fourth-order valence-corrected chi connectivity index (χ4v) is 2.44. The average Bonchev–Trinajstić information content (AvgIpc) is 2.40. The molecule has 1 aromatic rings. The Hall–Kier alpha value is -1.35. The van der Waals surface area contributed by atoms with Crippen LogP contribution in [0.5, 0.6) is 0 Å². The zero-order valence-electron chi connectivity index (χ0n) is 10.2. The van der Waals surface area contributed by atoms with Gasteiger partial charge in [0.05, 0.1) is 12.5 Å². The van der Waals surface area contributed by atoms with Crippen molar-refractivity contribution in [3.8, 4) is 0 Å². The lowest BCUT2D eigenvalue weighted by Crippen LogP contribution is -2.39. The Kier molecular flexibility index (Phi) is 4.15. The van der Waals surface area contributed by atoms with Crippen molar-refractivity contribution in [2.45, 2.75) is 19.3 Å². The molecule has 3 heteroatoms. The molecule has 0 unspecified atom stereocenters. The molecule has 0 spiro atoms. The van der Waals surface area contributed by atoms with Gasteiger partial charge in [-0.2, -0.15) is 0 Å². The van der Waals surface area contributed by atoms with Crippen LogP contribution in [-0.4, -0.2) is 25.7 Å². The molecule has 0 saturated carbocycles. The maximum absolute atomic E-state index is 11.9. The van der Waals surface area contributed by atoms with E-state index in [1.165, 1.54) is 5.56 Å². The number of esters is 1. The number of carbonyl (C=O) groups excluding carboxylic acids is 1. The Labute approximate surface area is 102 Å². The van der Waals surface area contributed by atoms with Crippen LogP contribution in [0.4, 0.5) is 0 Å². The summed E-state index contributed by atoms with van der Waals surface area (Å²) in [6, 6.07) is 10.2. The maximum atomic E-state index is 11.9. The van der Waals surface area contributed by atoms with E-state index in [9.17, 15) is 4.79 Å². The summed E-state index contributed by atoms with van der Waals surface area (Å²) >= 11 is 0. The van der Waals surface area contributed by atoms with E-state index in [-0.39, 0.29) is 17.8 Å². The summed E-state index contributed by atoms with van der Waals surface area (Å²) in [6.07, 6.45) is 0.860. The van der Waals surface area contributed by atoms with Crippen LogP contribution in [-0.2, 0) is 9.53 Å². The minimum absolute atomic E-state index is 0.00130. The number of ether oxygens (including phenoxy) is 1. The van der Waals surface area contributed by atoms with Crippen LogP contribution in [0, 0.1) is 5.92 Å². The van der Waals surface area contributed by atoms with Gasteiger partial charge in [0.15, 0.2) is 0 Å². The standard InChI is InChI=1S/C14H19NO2/c1-2-17-14(16)12-8-9-15-10-13(12)11-6-4-3-5-7-11/h3-7,12-13,15H,2,8-10H2,1H3/t12-,13-/m0/s1. The Morgan fingerprint density at radius 3 is 2.88 bits per heavy atom. The van der Waals surface area contributed by atoms with E-state index in [2.05, 4.69) is 17.4 Å². The van der Waals surface area contributed by atoms with E-state index in [0.717, 1.165) is 19.5 Å². The normalized spacial score (nSPS) is 24.3. The third-order valence-corrected chi connectivity index (χ3v) is 3.30. The first-order valence-electron chi connectivity index (χ1n) is 6.25. The zero-order chi connectivity index (χ0) is 12.1. The second-order valence-electron chi connectivity index (χ2n) is 4.37. The maximum Gasteiger partial charge on any atom is 0.309 e. The highest BCUT2D eigenvalue weighted by Gasteiger charge is 2.32. The molecule has 1 aliphatic rings. The number of nitrogens with one attached hydrogen (secondary N) is 1. The fraction of sp³-hybridized carbons (Fsp3) is 0.500. The molecule has 1 fully saturated rings. The molecule has 0 radical (unpaired) electrons. The molecule has 92 valence electrons. The van der Waals surface area contributed by atoms with Gasteiger partial charge in [-0.1, -0.05) is 30.3 Å². The van der Waals surface area contributed by atoms with E-state index in [4.69, 9.17) is 4.74 Å². The topological polar surface area (TPSA) is 38.3 Å². The first-order chi connectivity index (χ1) is 8.33. The minimum Gasteiger partial charge on any atom is -0.466 e. The van der Waals surface area contributed by atoms with E-state index < -0.39 is 0 Å². The van der Waals surface area contributed by atoms with E-state index in [1.54, 1.807) is 0 Å². The Balaban J connectivity index is 2.15. The van der Waals surface area contributed by atoms with Gasteiger partial charge in [0, 0.05) is 12.5 Å². The molecule has 1 N–H and O–H groups in total. The van der Waals surface area contributed by atoms with E-state index >= 15 is 0 Å². The molecule has 1 aliphatic heterocycles. The van der Waals surface area contributed by atoms with Crippen LogP contribution in [0.25, 0.3) is 0 Å². The first kappa shape index (κ1) is 12.1. The van der Waals surface area contributed by atoms with Gasteiger partial charge in [-0.05, 0) is 25.5 Å². The van der Waals surface area contributed by atoms with Crippen molar-refractivity contribution >= 4 is 5.97 Å². The molecule has 3 nitrogen and oxygen atoms in total. The summed E-state index contributed by atoms with van der Waals surface area (Å²) in [4.78, 5) is 11.9. The summed E-state index contributed by atoms with van der Waals surface area (Å²) in [7, 11) is 0. The molecule has 17 heavy (non-hydrogen) atoms. The lowest BCUT2D eigenvalue weighted by atomic mass is 9.81. The van der Waals surface area contributed by atoms with Crippen LogP contribution < -0.4 is 5.32 Å². The second-order valence-corrected chi connectivity index (χ2v) is 4.37. The quantitative estimate of drug-likeness (QED) is 0.811. The van der Waals surface area contributed by atoms with Gasteiger partial charge in [-0.3, -0.25) is 4.79 Å². The van der Waals surface area contributed by atoms with Crippen molar-refractivity contribution in [1.82, 2.24) is 5.32 Å². The third kappa shape index (κ3) is 2.86. The van der Waals surface area contributed by atoms with Crippen molar-refractivity contribution in [3.63, 3.8) is 0 Å². The third-order valence-electron chi connectivity index (χ3n) is 3.30. The highest BCUT2D eigenvalue weighted by molar-refractivity contribution is 5.74. The molecule has 0 aliphatic carbocycles. The van der Waals surface area contributed by atoms with Crippen molar-refractivity contribution in [2.75, 3.05) is 19.7 Å². The predicted molar refractivity (Wildman–Crippen MR) is 66.8 cm³/mol. The molecule has 0 amide bonds. The molecule has 2 rings (SSSR count). The van der Waals surface area contributed by atoms with Gasteiger partial charge >= 0.3 is 5.97 Å². The number of hydrogen-bond donors (Lipinski definition) is 1. The van der Waals surface area contributed by atoms with Gasteiger partial charge in [0.25, 0.3) is 0 Å². The molecular formula is C14H19NO2. The van der Waals surface area contributed by atoms with Crippen LogP contribution in [0.2, 0.25) is 0 Å². The second kappa shape index (κ2) is 5.82. The minimum atomic E-state index is -0.0529. The van der Waals surface area contributed by atoms with Gasteiger partial charge in [-0.15, -0.1) is 0 Å². The number of carbonyl (C=O) groups is 1. The summed E-state index contributed by atoms with van der Waals surface area (Å²) in [5.41, 5.74) is 1.22. The van der Waals surface area contributed by atoms with Crippen molar-refractivity contribution < 1.29 is 9.53 Å². The van der Waals surface area contributed by atoms with E-state index in [1.807, 2.05) is 25.1 Å². The zero-order valence-corrected chi connectivity index (χ0v) is 10.2. The monoisotopic (exact) mass is 233 g/mol. The number of piperidine rings is 1. The molecule has 1 saturated heterocycles. The molecule has 1 heterocycles. The summed E-state index contributed by atoms with van der Waals surface area (Å²) in [5, 5.41) is 3.35. The highest BCUT2D eigenvalue weighted by atomic mass is 16.5. The Morgan fingerprint density at radius 1 is 1.41 bits per heavy atom. The van der Waals surface area contributed by atoms with Gasteiger partial charge in [0.1, 0.15) is 0 Å².